The summed E-state index contributed by atoms with van der Waals surface area (Å²) < 4.78 is 5.40. The number of nitrogens with zero attached hydrogens (tertiary/aromatic N) is 1. The molecule has 0 aliphatic carbocycles. The van der Waals surface area contributed by atoms with Crippen molar-refractivity contribution >= 4 is 29.1 Å². The lowest BCUT2D eigenvalue weighted by Crippen LogP contribution is -2.47. The van der Waals surface area contributed by atoms with Gasteiger partial charge in [0.1, 0.15) is 0 Å². The van der Waals surface area contributed by atoms with Gasteiger partial charge in [-0.1, -0.05) is 23.2 Å². The molecule has 0 aromatic heterocycles. The molecule has 4 nitrogen and oxygen atoms in total. The van der Waals surface area contributed by atoms with Crippen LogP contribution in [0.4, 0.5) is 0 Å². The van der Waals surface area contributed by atoms with Gasteiger partial charge in [0.15, 0.2) is 0 Å². The maximum atomic E-state index is 12.3. The van der Waals surface area contributed by atoms with Crippen molar-refractivity contribution in [2.75, 3.05) is 26.3 Å². The van der Waals surface area contributed by atoms with Crippen LogP contribution in [0.2, 0.25) is 10.0 Å². The summed E-state index contributed by atoms with van der Waals surface area (Å²) in [6.07, 6.45) is 3.89. The van der Waals surface area contributed by atoms with Gasteiger partial charge in [-0.2, -0.15) is 0 Å². The highest BCUT2D eigenvalue weighted by Gasteiger charge is 2.26. The van der Waals surface area contributed by atoms with Crippen molar-refractivity contribution in [3.05, 3.63) is 33.8 Å². The fourth-order valence-electron chi connectivity index (χ4n) is 3.46. The Morgan fingerprint density at radius 3 is 2.50 bits per heavy atom. The SMILES string of the molecule is O=C(NC1CCN(Cc2cc(Cl)cc(Cl)c2)CC1)C1CCCOC1. The Morgan fingerprint density at radius 1 is 1.17 bits per heavy atom. The van der Waals surface area contributed by atoms with E-state index >= 15 is 0 Å². The summed E-state index contributed by atoms with van der Waals surface area (Å²) in [5, 5.41) is 4.55. The van der Waals surface area contributed by atoms with E-state index in [1.165, 1.54) is 0 Å². The maximum absolute atomic E-state index is 12.3. The highest BCUT2D eigenvalue weighted by molar-refractivity contribution is 6.34. The first-order chi connectivity index (χ1) is 11.6. The molecule has 0 spiro atoms. The molecule has 1 N–H and O–H groups in total. The molecule has 2 fully saturated rings. The molecular weight excluding hydrogens is 347 g/mol. The van der Waals surface area contributed by atoms with E-state index in [1.807, 2.05) is 12.1 Å². The third-order valence-corrected chi connectivity index (χ3v) is 5.23. The fourth-order valence-corrected chi connectivity index (χ4v) is 4.03. The van der Waals surface area contributed by atoms with Gasteiger partial charge < -0.3 is 10.1 Å². The largest absolute Gasteiger partial charge is 0.381 e. The summed E-state index contributed by atoms with van der Waals surface area (Å²) in [6.45, 7) is 4.14. The van der Waals surface area contributed by atoms with Crippen molar-refractivity contribution in [2.24, 2.45) is 5.92 Å². The summed E-state index contributed by atoms with van der Waals surface area (Å²) in [4.78, 5) is 14.7. The third kappa shape index (κ3) is 5.09. The minimum absolute atomic E-state index is 0.0328. The molecule has 2 heterocycles. The molecule has 2 saturated heterocycles. The zero-order valence-electron chi connectivity index (χ0n) is 13.8. The van der Waals surface area contributed by atoms with Gasteiger partial charge in [-0.25, -0.2) is 0 Å². The number of likely N-dealkylation sites (tertiary alicyclic amines) is 1. The van der Waals surface area contributed by atoms with Gasteiger partial charge in [0.25, 0.3) is 0 Å². The van der Waals surface area contributed by atoms with Gasteiger partial charge in [0, 0.05) is 42.3 Å². The van der Waals surface area contributed by atoms with Crippen LogP contribution in [0.25, 0.3) is 0 Å². The van der Waals surface area contributed by atoms with Crippen LogP contribution >= 0.6 is 23.2 Å². The van der Waals surface area contributed by atoms with E-state index in [1.54, 1.807) is 6.07 Å². The smallest absolute Gasteiger partial charge is 0.225 e. The number of carbonyl (C=O) groups excluding carboxylic acids is 1. The molecule has 2 aliphatic rings. The molecule has 1 unspecified atom stereocenters. The first-order valence-corrected chi connectivity index (χ1v) is 9.41. The minimum Gasteiger partial charge on any atom is -0.381 e. The molecule has 1 atom stereocenters. The van der Waals surface area contributed by atoms with Crippen molar-refractivity contribution in [3.8, 4) is 0 Å². The highest BCUT2D eigenvalue weighted by Crippen LogP contribution is 2.22. The monoisotopic (exact) mass is 370 g/mol. The molecule has 3 rings (SSSR count). The lowest BCUT2D eigenvalue weighted by molar-refractivity contribution is -0.130. The first-order valence-electron chi connectivity index (χ1n) is 8.65. The molecule has 0 saturated carbocycles. The number of piperidine rings is 1. The Hall–Kier alpha value is -0.810. The summed E-state index contributed by atoms with van der Waals surface area (Å²) in [6, 6.07) is 5.96. The molecule has 6 heteroatoms. The lowest BCUT2D eigenvalue weighted by Gasteiger charge is -2.33. The fraction of sp³-hybridized carbons (Fsp3) is 0.611. The normalized spacial score (nSPS) is 23.2. The van der Waals surface area contributed by atoms with Crippen LogP contribution in [0, 0.1) is 5.92 Å². The second-order valence-electron chi connectivity index (χ2n) is 6.75. The Labute approximate surface area is 153 Å². The average Bonchev–Trinajstić information content (AvgIpc) is 2.56. The Kier molecular flexibility index (Phi) is 6.39. The summed E-state index contributed by atoms with van der Waals surface area (Å²) in [7, 11) is 0. The van der Waals surface area contributed by atoms with Gasteiger partial charge >= 0.3 is 0 Å². The molecule has 0 radical (unpaired) electrons. The van der Waals surface area contributed by atoms with Crippen molar-refractivity contribution in [1.29, 1.82) is 0 Å². The van der Waals surface area contributed by atoms with E-state index < -0.39 is 0 Å². The van der Waals surface area contributed by atoms with Crippen LogP contribution in [-0.4, -0.2) is 43.2 Å². The topological polar surface area (TPSA) is 41.6 Å². The molecule has 1 aromatic carbocycles. The number of rotatable bonds is 4. The number of hydrogen-bond donors (Lipinski definition) is 1. The van der Waals surface area contributed by atoms with E-state index in [4.69, 9.17) is 27.9 Å². The lowest BCUT2D eigenvalue weighted by atomic mass is 9.99. The first kappa shape index (κ1) is 18.0. The second kappa shape index (κ2) is 8.52. The minimum atomic E-state index is 0.0328. The van der Waals surface area contributed by atoms with Crippen LogP contribution in [0.5, 0.6) is 0 Å². The molecule has 2 aliphatic heterocycles. The van der Waals surface area contributed by atoms with Crippen molar-refractivity contribution in [1.82, 2.24) is 10.2 Å². The van der Waals surface area contributed by atoms with Gasteiger partial charge in [0.2, 0.25) is 5.91 Å². The van der Waals surface area contributed by atoms with E-state index in [-0.39, 0.29) is 17.9 Å². The molecule has 1 aromatic rings. The number of nitrogens with one attached hydrogen (secondary N) is 1. The molecule has 24 heavy (non-hydrogen) atoms. The van der Waals surface area contributed by atoms with Gasteiger partial charge in [-0.05, 0) is 49.4 Å². The highest BCUT2D eigenvalue weighted by atomic mass is 35.5. The standard InChI is InChI=1S/C18H24Cl2N2O2/c19-15-8-13(9-16(20)10-15)11-22-5-3-17(4-6-22)21-18(23)14-2-1-7-24-12-14/h8-10,14,17H,1-7,11-12H2,(H,21,23). The van der Waals surface area contributed by atoms with Crippen LogP contribution in [-0.2, 0) is 16.1 Å². The van der Waals surface area contributed by atoms with Crippen molar-refractivity contribution in [2.45, 2.75) is 38.3 Å². The zero-order chi connectivity index (χ0) is 16.9. The second-order valence-corrected chi connectivity index (χ2v) is 7.62. The molecule has 132 valence electrons. The number of ether oxygens (including phenoxy) is 1. The molecule has 0 bridgehead atoms. The van der Waals surface area contributed by atoms with Crippen LogP contribution in [0.1, 0.15) is 31.2 Å². The van der Waals surface area contributed by atoms with Crippen molar-refractivity contribution < 1.29 is 9.53 Å². The maximum Gasteiger partial charge on any atom is 0.225 e. The van der Waals surface area contributed by atoms with Crippen LogP contribution in [0.3, 0.4) is 0 Å². The molecular formula is C18H24Cl2N2O2. The number of hydrogen-bond acceptors (Lipinski definition) is 3. The quantitative estimate of drug-likeness (QED) is 0.881. The van der Waals surface area contributed by atoms with Crippen LogP contribution in [0.15, 0.2) is 18.2 Å². The van der Waals surface area contributed by atoms with E-state index in [0.717, 1.165) is 57.5 Å². The number of carbonyl (C=O) groups is 1. The Morgan fingerprint density at radius 2 is 1.88 bits per heavy atom. The number of benzene rings is 1. The number of halogens is 2. The van der Waals surface area contributed by atoms with E-state index in [2.05, 4.69) is 10.2 Å². The Bertz CT molecular complexity index is 548. The summed E-state index contributed by atoms with van der Waals surface area (Å²) >= 11 is 12.1. The van der Waals surface area contributed by atoms with Crippen molar-refractivity contribution in [3.63, 3.8) is 0 Å². The van der Waals surface area contributed by atoms with E-state index in [9.17, 15) is 4.79 Å². The zero-order valence-corrected chi connectivity index (χ0v) is 15.3. The van der Waals surface area contributed by atoms with Gasteiger partial charge in [-0.3, -0.25) is 9.69 Å². The number of amides is 1. The summed E-state index contributed by atoms with van der Waals surface area (Å²) in [5.74, 6) is 0.195. The predicted molar refractivity (Wildman–Crippen MR) is 96.4 cm³/mol. The van der Waals surface area contributed by atoms with E-state index in [0.29, 0.717) is 16.7 Å². The molecule has 1 amide bonds. The third-order valence-electron chi connectivity index (χ3n) is 4.79. The van der Waals surface area contributed by atoms with Gasteiger partial charge in [-0.15, -0.1) is 0 Å². The van der Waals surface area contributed by atoms with Gasteiger partial charge in [0.05, 0.1) is 12.5 Å². The average molecular weight is 371 g/mol. The Balaban J connectivity index is 1.44. The predicted octanol–water partition coefficient (Wildman–Crippen LogP) is 3.50. The van der Waals surface area contributed by atoms with Crippen LogP contribution < -0.4 is 5.32 Å². The summed E-state index contributed by atoms with van der Waals surface area (Å²) in [5.41, 5.74) is 1.13.